The highest BCUT2D eigenvalue weighted by molar-refractivity contribution is 5.75. The zero-order valence-corrected chi connectivity index (χ0v) is 13.8. The fraction of sp³-hybridized carbons (Fsp3) is 0.588. The summed E-state index contributed by atoms with van der Waals surface area (Å²) >= 11 is 0. The number of carbonyl (C=O) groups excluding carboxylic acids is 1. The van der Waals surface area contributed by atoms with Gasteiger partial charge >= 0.3 is 0 Å². The van der Waals surface area contributed by atoms with E-state index in [-0.39, 0.29) is 18.6 Å². The molecule has 1 fully saturated rings. The number of hydrogen-bond acceptors (Lipinski definition) is 4. The van der Waals surface area contributed by atoms with E-state index in [1.54, 1.807) is 0 Å². The minimum atomic E-state index is -0.300. The van der Waals surface area contributed by atoms with Crippen LogP contribution >= 0.6 is 0 Å². The molecule has 1 aromatic carbocycles. The van der Waals surface area contributed by atoms with Gasteiger partial charge in [0.2, 0.25) is 5.91 Å². The molecule has 1 saturated heterocycles. The van der Waals surface area contributed by atoms with Gasteiger partial charge in [-0.15, -0.1) is 0 Å². The van der Waals surface area contributed by atoms with Gasteiger partial charge in [-0.2, -0.15) is 0 Å². The number of carbonyl (C=O) groups is 1. The Morgan fingerprint density at radius 2 is 2.23 bits per heavy atom. The van der Waals surface area contributed by atoms with E-state index in [9.17, 15) is 4.79 Å². The van der Waals surface area contributed by atoms with Crippen molar-refractivity contribution in [2.24, 2.45) is 5.73 Å². The second-order valence-corrected chi connectivity index (χ2v) is 6.25. The lowest BCUT2D eigenvalue weighted by Gasteiger charge is -2.35. The van der Waals surface area contributed by atoms with Gasteiger partial charge in [0, 0.05) is 26.2 Å². The molecule has 1 aromatic rings. The van der Waals surface area contributed by atoms with Crippen LogP contribution in [0.25, 0.3) is 0 Å². The van der Waals surface area contributed by atoms with Crippen molar-refractivity contribution in [1.82, 2.24) is 9.80 Å². The Bertz CT molecular complexity index is 519. The van der Waals surface area contributed by atoms with Crippen molar-refractivity contribution in [2.75, 3.05) is 39.8 Å². The normalized spacial score (nSPS) is 19.5. The number of benzene rings is 1. The van der Waals surface area contributed by atoms with Crippen molar-refractivity contribution in [3.63, 3.8) is 0 Å². The Morgan fingerprint density at radius 1 is 1.45 bits per heavy atom. The van der Waals surface area contributed by atoms with Crippen LogP contribution in [0.1, 0.15) is 16.7 Å². The van der Waals surface area contributed by atoms with Crippen molar-refractivity contribution in [2.45, 2.75) is 26.5 Å². The highest BCUT2D eigenvalue weighted by Crippen LogP contribution is 2.17. The van der Waals surface area contributed by atoms with Gasteiger partial charge in [-0.25, -0.2) is 0 Å². The third kappa shape index (κ3) is 4.80. The summed E-state index contributed by atoms with van der Waals surface area (Å²) in [5.41, 5.74) is 9.32. The Morgan fingerprint density at radius 3 is 2.95 bits per heavy atom. The fourth-order valence-corrected chi connectivity index (χ4v) is 2.94. The lowest BCUT2D eigenvalue weighted by Crippen LogP contribution is -2.47. The third-order valence-corrected chi connectivity index (χ3v) is 4.27. The minimum absolute atomic E-state index is 0.128. The molecule has 1 atom stereocenters. The molecule has 0 radical (unpaired) electrons. The first-order chi connectivity index (χ1) is 10.5. The number of ether oxygens (including phenoxy) is 1. The number of morpholine rings is 1. The van der Waals surface area contributed by atoms with Crippen LogP contribution in [0, 0.1) is 13.8 Å². The van der Waals surface area contributed by atoms with Gasteiger partial charge in [0.1, 0.15) is 0 Å². The summed E-state index contributed by atoms with van der Waals surface area (Å²) in [6.07, 6.45) is 0.128. The number of rotatable bonds is 6. The zero-order valence-electron chi connectivity index (χ0n) is 13.8. The van der Waals surface area contributed by atoms with E-state index in [2.05, 4.69) is 36.9 Å². The monoisotopic (exact) mass is 305 g/mol. The lowest BCUT2D eigenvalue weighted by molar-refractivity contribution is -0.119. The molecule has 1 amide bonds. The molecule has 22 heavy (non-hydrogen) atoms. The predicted molar refractivity (Wildman–Crippen MR) is 87.6 cm³/mol. The first kappa shape index (κ1) is 16.9. The average Bonchev–Trinajstić information content (AvgIpc) is 2.43. The van der Waals surface area contributed by atoms with E-state index >= 15 is 0 Å². The zero-order chi connectivity index (χ0) is 16.1. The van der Waals surface area contributed by atoms with E-state index in [4.69, 9.17) is 10.5 Å². The molecule has 2 N–H and O–H groups in total. The van der Waals surface area contributed by atoms with Crippen molar-refractivity contribution in [3.8, 4) is 0 Å². The molecule has 0 spiro atoms. The van der Waals surface area contributed by atoms with Crippen LogP contribution in [0.3, 0.4) is 0 Å². The molecule has 2 rings (SSSR count). The van der Waals surface area contributed by atoms with Gasteiger partial charge in [0.25, 0.3) is 0 Å². The largest absolute Gasteiger partial charge is 0.374 e. The number of aryl methyl sites for hydroxylation is 1. The van der Waals surface area contributed by atoms with Gasteiger partial charge in [0.05, 0.1) is 19.3 Å². The fourth-order valence-electron chi connectivity index (χ4n) is 2.94. The summed E-state index contributed by atoms with van der Waals surface area (Å²) in [5, 5.41) is 0. The van der Waals surface area contributed by atoms with Crippen LogP contribution in [0.2, 0.25) is 0 Å². The SMILES string of the molecule is Cc1cccc(CN2CCO[C@H](CN(C)CC(N)=O)C2)c1C. The topological polar surface area (TPSA) is 58.8 Å². The first-order valence-electron chi connectivity index (χ1n) is 7.81. The minimum Gasteiger partial charge on any atom is -0.374 e. The van der Waals surface area contributed by atoms with Crippen LogP contribution in [0.15, 0.2) is 18.2 Å². The summed E-state index contributed by atoms with van der Waals surface area (Å²) < 4.78 is 5.82. The standard InChI is InChI=1S/C17H27N3O2/c1-13-5-4-6-15(14(13)2)9-20-7-8-22-16(11-20)10-19(3)12-17(18)21/h4-6,16H,7-12H2,1-3H3,(H2,18,21)/t16-/m1/s1. The highest BCUT2D eigenvalue weighted by atomic mass is 16.5. The van der Waals surface area contributed by atoms with Gasteiger partial charge < -0.3 is 10.5 Å². The molecule has 5 nitrogen and oxygen atoms in total. The van der Waals surface area contributed by atoms with E-state index < -0.39 is 0 Å². The molecule has 0 saturated carbocycles. The Kier molecular flexibility index (Phi) is 5.94. The molecule has 122 valence electrons. The molecular weight excluding hydrogens is 278 g/mol. The van der Waals surface area contributed by atoms with Crippen LogP contribution in [-0.4, -0.2) is 61.6 Å². The number of nitrogens with zero attached hydrogens (tertiary/aromatic N) is 2. The van der Waals surface area contributed by atoms with E-state index in [0.29, 0.717) is 0 Å². The van der Waals surface area contributed by atoms with E-state index in [1.807, 2.05) is 11.9 Å². The number of nitrogens with two attached hydrogens (primary N) is 1. The Hall–Kier alpha value is -1.43. The molecule has 1 heterocycles. The molecule has 0 aromatic heterocycles. The van der Waals surface area contributed by atoms with E-state index in [0.717, 1.165) is 32.8 Å². The molecule has 0 unspecified atom stereocenters. The van der Waals surface area contributed by atoms with E-state index in [1.165, 1.54) is 16.7 Å². The van der Waals surface area contributed by atoms with Crippen molar-refractivity contribution in [3.05, 3.63) is 34.9 Å². The highest BCUT2D eigenvalue weighted by Gasteiger charge is 2.22. The molecule has 0 aliphatic carbocycles. The smallest absolute Gasteiger partial charge is 0.231 e. The van der Waals surface area contributed by atoms with Crippen molar-refractivity contribution >= 4 is 5.91 Å². The Balaban J connectivity index is 1.90. The maximum atomic E-state index is 11.0. The maximum absolute atomic E-state index is 11.0. The van der Waals surface area contributed by atoms with Crippen molar-refractivity contribution < 1.29 is 9.53 Å². The average molecular weight is 305 g/mol. The van der Waals surface area contributed by atoms with Crippen LogP contribution in [0.4, 0.5) is 0 Å². The van der Waals surface area contributed by atoms with Gasteiger partial charge in [0.15, 0.2) is 0 Å². The third-order valence-electron chi connectivity index (χ3n) is 4.27. The first-order valence-corrected chi connectivity index (χ1v) is 7.81. The lowest BCUT2D eigenvalue weighted by atomic mass is 10.0. The number of amides is 1. The molecule has 1 aliphatic heterocycles. The quantitative estimate of drug-likeness (QED) is 0.849. The van der Waals surface area contributed by atoms with Gasteiger partial charge in [-0.3, -0.25) is 14.6 Å². The summed E-state index contributed by atoms with van der Waals surface area (Å²) in [6.45, 7) is 8.86. The Labute approximate surface area is 133 Å². The number of primary amides is 1. The summed E-state index contributed by atoms with van der Waals surface area (Å²) in [7, 11) is 1.90. The summed E-state index contributed by atoms with van der Waals surface area (Å²) in [5.74, 6) is -0.300. The predicted octanol–water partition coefficient (Wildman–Crippen LogP) is 0.921. The number of likely N-dealkylation sites (N-methyl/N-ethyl adjacent to an activating group) is 1. The number of hydrogen-bond donors (Lipinski definition) is 1. The molecule has 5 heteroatoms. The van der Waals surface area contributed by atoms with Crippen LogP contribution in [-0.2, 0) is 16.1 Å². The molecular formula is C17H27N3O2. The second kappa shape index (κ2) is 7.72. The van der Waals surface area contributed by atoms with Gasteiger partial charge in [-0.1, -0.05) is 18.2 Å². The second-order valence-electron chi connectivity index (χ2n) is 6.25. The van der Waals surface area contributed by atoms with Crippen LogP contribution in [0.5, 0.6) is 0 Å². The van der Waals surface area contributed by atoms with Crippen LogP contribution < -0.4 is 5.73 Å². The molecule has 0 bridgehead atoms. The maximum Gasteiger partial charge on any atom is 0.231 e. The summed E-state index contributed by atoms with van der Waals surface area (Å²) in [6, 6.07) is 6.47. The van der Waals surface area contributed by atoms with Gasteiger partial charge in [-0.05, 0) is 37.6 Å². The molecule has 1 aliphatic rings. The van der Waals surface area contributed by atoms with Crippen molar-refractivity contribution in [1.29, 1.82) is 0 Å². The summed E-state index contributed by atoms with van der Waals surface area (Å²) in [4.78, 5) is 15.3.